The molecule has 3 heteroatoms. The first-order valence-corrected chi connectivity index (χ1v) is 4.71. The van der Waals surface area contributed by atoms with Crippen LogP contribution in [0, 0.1) is 13.8 Å². The average Bonchev–Trinajstić information content (AvgIpc) is 2.27. The van der Waals surface area contributed by atoms with E-state index in [2.05, 4.69) is 5.32 Å². The van der Waals surface area contributed by atoms with Crippen molar-refractivity contribution in [2.75, 3.05) is 11.9 Å². The minimum Gasteiger partial charge on any atom is -0.491 e. The molecule has 1 aromatic rings. The van der Waals surface area contributed by atoms with Gasteiger partial charge >= 0.3 is 0 Å². The molecule has 14 heavy (non-hydrogen) atoms. The summed E-state index contributed by atoms with van der Waals surface area (Å²) in [5, 5.41) is 2.85. The smallest absolute Gasteiger partial charge is 0.227 e. The number of benzene rings is 1. The van der Waals surface area contributed by atoms with Gasteiger partial charge in [0.15, 0.2) is 0 Å². The van der Waals surface area contributed by atoms with Gasteiger partial charge in [0.1, 0.15) is 5.75 Å². The number of anilines is 1. The Hall–Kier alpha value is -1.51. The second kappa shape index (κ2) is 3.33. The second-order valence-corrected chi connectivity index (χ2v) is 3.60. The highest BCUT2D eigenvalue weighted by Crippen LogP contribution is 2.31. The zero-order valence-corrected chi connectivity index (χ0v) is 8.39. The van der Waals surface area contributed by atoms with E-state index in [9.17, 15) is 4.79 Å². The zero-order chi connectivity index (χ0) is 10.1. The van der Waals surface area contributed by atoms with Crippen molar-refractivity contribution in [1.29, 1.82) is 0 Å². The van der Waals surface area contributed by atoms with Crippen LogP contribution >= 0.6 is 0 Å². The lowest BCUT2D eigenvalue weighted by molar-refractivity contribution is -0.116. The summed E-state index contributed by atoms with van der Waals surface area (Å²) in [6.45, 7) is 4.45. The van der Waals surface area contributed by atoms with Crippen LogP contribution < -0.4 is 10.1 Å². The number of rotatable bonds is 0. The SMILES string of the molecule is Cc1cc(C)c2c(c1)OCCC(=O)N2. The number of ether oxygens (including phenoxy) is 1. The van der Waals surface area contributed by atoms with Crippen molar-refractivity contribution in [3.63, 3.8) is 0 Å². The number of carbonyl (C=O) groups excluding carboxylic acids is 1. The molecule has 0 fully saturated rings. The van der Waals surface area contributed by atoms with Crippen LogP contribution in [0.5, 0.6) is 5.75 Å². The van der Waals surface area contributed by atoms with Crippen LogP contribution in [0.1, 0.15) is 17.5 Å². The van der Waals surface area contributed by atoms with Gasteiger partial charge in [0.2, 0.25) is 5.91 Å². The largest absolute Gasteiger partial charge is 0.491 e. The van der Waals surface area contributed by atoms with Gasteiger partial charge in [-0.25, -0.2) is 0 Å². The van der Waals surface area contributed by atoms with Crippen molar-refractivity contribution >= 4 is 11.6 Å². The van der Waals surface area contributed by atoms with Crippen LogP contribution in [0.2, 0.25) is 0 Å². The summed E-state index contributed by atoms with van der Waals surface area (Å²) in [4.78, 5) is 11.3. The Labute approximate surface area is 83.1 Å². The molecule has 0 radical (unpaired) electrons. The van der Waals surface area contributed by atoms with Gasteiger partial charge in [-0.15, -0.1) is 0 Å². The molecule has 1 heterocycles. The molecule has 0 unspecified atom stereocenters. The van der Waals surface area contributed by atoms with Crippen molar-refractivity contribution < 1.29 is 9.53 Å². The number of carbonyl (C=O) groups is 1. The van der Waals surface area contributed by atoms with Crippen LogP contribution in [0.15, 0.2) is 12.1 Å². The topological polar surface area (TPSA) is 38.3 Å². The first-order valence-electron chi connectivity index (χ1n) is 4.71. The molecular weight excluding hydrogens is 178 g/mol. The van der Waals surface area contributed by atoms with E-state index >= 15 is 0 Å². The fraction of sp³-hybridized carbons (Fsp3) is 0.364. The highest BCUT2D eigenvalue weighted by Gasteiger charge is 2.15. The van der Waals surface area contributed by atoms with E-state index in [1.54, 1.807) is 0 Å². The fourth-order valence-corrected chi connectivity index (χ4v) is 1.66. The first kappa shape index (κ1) is 9.06. The maximum atomic E-state index is 11.3. The Morgan fingerprint density at radius 1 is 1.36 bits per heavy atom. The number of amides is 1. The second-order valence-electron chi connectivity index (χ2n) is 3.60. The fourth-order valence-electron chi connectivity index (χ4n) is 1.66. The quantitative estimate of drug-likeness (QED) is 0.681. The molecule has 74 valence electrons. The molecule has 0 bridgehead atoms. The average molecular weight is 191 g/mol. The monoisotopic (exact) mass is 191 g/mol. The Morgan fingerprint density at radius 3 is 2.93 bits per heavy atom. The predicted molar refractivity (Wildman–Crippen MR) is 54.7 cm³/mol. The standard InChI is InChI=1S/C11H13NO2/c1-7-5-8(2)11-9(6-7)14-4-3-10(13)12-11/h5-6H,3-4H2,1-2H3,(H,12,13). The van der Waals surface area contributed by atoms with Crippen molar-refractivity contribution in [2.24, 2.45) is 0 Å². The predicted octanol–water partition coefficient (Wildman–Crippen LogP) is 2.02. The lowest BCUT2D eigenvalue weighted by Gasteiger charge is -2.10. The number of aryl methyl sites for hydroxylation is 2. The van der Waals surface area contributed by atoms with Gasteiger partial charge in [-0.05, 0) is 31.0 Å². The normalized spacial score (nSPS) is 15.1. The molecule has 3 nitrogen and oxygen atoms in total. The van der Waals surface area contributed by atoms with Crippen LogP contribution in [0.4, 0.5) is 5.69 Å². The third-order valence-corrected chi connectivity index (χ3v) is 2.29. The van der Waals surface area contributed by atoms with Crippen LogP contribution in [-0.4, -0.2) is 12.5 Å². The molecule has 1 aliphatic heterocycles. The molecule has 1 amide bonds. The molecule has 0 spiro atoms. The van der Waals surface area contributed by atoms with Gasteiger partial charge in [0.25, 0.3) is 0 Å². The van der Waals surface area contributed by atoms with Gasteiger partial charge < -0.3 is 10.1 Å². The van der Waals surface area contributed by atoms with Crippen LogP contribution in [-0.2, 0) is 4.79 Å². The molecule has 0 saturated heterocycles. The van der Waals surface area contributed by atoms with Crippen LogP contribution in [0.3, 0.4) is 0 Å². The van der Waals surface area contributed by atoms with E-state index < -0.39 is 0 Å². The van der Waals surface area contributed by atoms with Gasteiger partial charge in [-0.3, -0.25) is 4.79 Å². The van der Waals surface area contributed by atoms with E-state index in [1.165, 1.54) is 0 Å². The zero-order valence-electron chi connectivity index (χ0n) is 8.39. The Kier molecular flexibility index (Phi) is 2.15. The summed E-state index contributed by atoms with van der Waals surface area (Å²) in [5.41, 5.74) is 3.02. The van der Waals surface area contributed by atoms with E-state index in [1.807, 2.05) is 26.0 Å². The molecule has 0 aliphatic carbocycles. The minimum absolute atomic E-state index is 0.0238. The molecular formula is C11H13NO2. The van der Waals surface area contributed by atoms with Crippen molar-refractivity contribution in [3.8, 4) is 5.75 Å². The van der Waals surface area contributed by atoms with Crippen molar-refractivity contribution in [3.05, 3.63) is 23.3 Å². The lowest BCUT2D eigenvalue weighted by Crippen LogP contribution is -2.11. The highest BCUT2D eigenvalue weighted by atomic mass is 16.5. The first-order chi connectivity index (χ1) is 6.66. The van der Waals surface area contributed by atoms with E-state index in [0.29, 0.717) is 13.0 Å². The number of hydrogen-bond donors (Lipinski definition) is 1. The highest BCUT2D eigenvalue weighted by molar-refractivity contribution is 5.94. The summed E-state index contributed by atoms with van der Waals surface area (Å²) >= 11 is 0. The molecule has 1 aliphatic rings. The van der Waals surface area contributed by atoms with Gasteiger partial charge in [0.05, 0.1) is 18.7 Å². The maximum Gasteiger partial charge on any atom is 0.227 e. The van der Waals surface area contributed by atoms with E-state index in [4.69, 9.17) is 4.74 Å². The summed E-state index contributed by atoms with van der Waals surface area (Å²) in [5.74, 6) is 0.809. The Morgan fingerprint density at radius 2 is 2.14 bits per heavy atom. The molecule has 2 rings (SSSR count). The Bertz CT molecular complexity index is 385. The third kappa shape index (κ3) is 1.58. The van der Waals surface area contributed by atoms with E-state index in [-0.39, 0.29) is 5.91 Å². The number of hydrogen-bond acceptors (Lipinski definition) is 2. The summed E-state index contributed by atoms with van der Waals surface area (Å²) in [6, 6.07) is 3.99. The lowest BCUT2D eigenvalue weighted by atomic mass is 10.1. The number of nitrogens with one attached hydrogen (secondary N) is 1. The Balaban J connectivity index is 2.50. The van der Waals surface area contributed by atoms with Crippen LogP contribution in [0.25, 0.3) is 0 Å². The minimum atomic E-state index is 0.0238. The van der Waals surface area contributed by atoms with Crippen molar-refractivity contribution in [2.45, 2.75) is 20.3 Å². The van der Waals surface area contributed by atoms with Gasteiger partial charge in [-0.1, -0.05) is 6.07 Å². The van der Waals surface area contributed by atoms with Crippen molar-refractivity contribution in [1.82, 2.24) is 0 Å². The summed E-state index contributed by atoms with van der Waals surface area (Å²) in [6.07, 6.45) is 0.424. The molecule has 0 aromatic heterocycles. The van der Waals surface area contributed by atoms with Gasteiger partial charge in [0, 0.05) is 0 Å². The third-order valence-electron chi connectivity index (χ3n) is 2.29. The number of fused-ring (bicyclic) bond motifs is 1. The van der Waals surface area contributed by atoms with E-state index in [0.717, 1.165) is 22.6 Å². The molecule has 0 saturated carbocycles. The molecule has 1 N–H and O–H groups in total. The maximum absolute atomic E-state index is 11.3. The van der Waals surface area contributed by atoms with Gasteiger partial charge in [-0.2, -0.15) is 0 Å². The molecule has 1 aromatic carbocycles. The summed E-state index contributed by atoms with van der Waals surface area (Å²) in [7, 11) is 0. The molecule has 0 atom stereocenters. The summed E-state index contributed by atoms with van der Waals surface area (Å²) < 4.78 is 5.50.